The molecule has 0 saturated heterocycles. The van der Waals surface area contributed by atoms with E-state index < -0.39 is 5.97 Å². The summed E-state index contributed by atoms with van der Waals surface area (Å²) < 4.78 is 4.65. The van der Waals surface area contributed by atoms with Crippen LogP contribution in [0.4, 0.5) is 5.82 Å². The normalized spacial score (nSPS) is 9.77. The zero-order valence-electron chi connectivity index (χ0n) is 6.54. The van der Waals surface area contributed by atoms with Crippen molar-refractivity contribution in [2.24, 2.45) is 0 Å². The van der Waals surface area contributed by atoms with Crippen LogP contribution in [0.2, 0.25) is 5.15 Å². The van der Waals surface area contributed by atoms with Crippen LogP contribution in [-0.4, -0.2) is 23.0 Å². The molecule has 0 aliphatic carbocycles. The zero-order valence-corrected chi connectivity index (χ0v) is 8.89. The van der Waals surface area contributed by atoms with Crippen LogP contribution in [0.25, 0.3) is 0 Å². The molecule has 0 unspecified atom stereocenters. The molecule has 1 rings (SSSR count). The quantitative estimate of drug-likeness (QED) is 0.774. The highest BCUT2D eigenvalue weighted by Crippen LogP contribution is 2.20. The van der Waals surface area contributed by atoms with Gasteiger partial charge in [0.15, 0.2) is 16.7 Å². The van der Waals surface area contributed by atoms with E-state index in [9.17, 15) is 4.79 Å². The number of aromatic nitrogens is 2. The van der Waals surface area contributed by atoms with Crippen molar-refractivity contribution in [1.29, 1.82) is 0 Å². The van der Waals surface area contributed by atoms with Gasteiger partial charge in [-0.05, 0) is 15.9 Å². The molecule has 5 nitrogen and oxygen atoms in total. The number of hydrogen-bond acceptors (Lipinski definition) is 5. The van der Waals surface area contributed by atoms with Gasteiger partial charge in [0.25, 0.3) is 0 Å². The Balaban J connectivity index is 3.23. The van der Waals surface area contributed by atoms with E-state index in [1.54, 1.807) is 0 Å². The highest BCUT2D eigenvalue weighted by Gasteiger charge is 2.15. The van der Waals surface area contributed by atoms with Crippen molar-refractivity contribution in [3.8, 4) is 0 Å². The van der Waals surface area contributed by atoms with Crippen molar-refractivity contribution < 1.29 is 9.53 Å². The molecule has 0 aliphatic heterocycles. The molecule has 0 fully saturated rings. The van der Waals surface area contributed by atoms with Crippen molar-refractivity contribution >= 4 is 39.3 Å². The lowest BCUT2D eigenvalue weighted by Crippen LogP contribution is -2.08. The number of ether oxygens (including phenoxy) is 1. The van der Waals surface area contributed by atoms with E-state index in [0.29, 0.717) is 0 Å². The second-order valence-corrected chi connectivity index (χ2v) is 3.14. The summed E-state index contributed by atoms with van der Waals surface area (Å²) in [6, 6.07) is 0. The number of rotatable bonds is 1. The third-order valence-electron chi connectivity index (χ3n) is 1.21. The van der Waals surface area contributed by atoms with E-state index in [2.05, 4.69) is 30.6 Å². The fraction of sp³-hybridized carbons (Fsp3) is 0.167. The lowest BCUT2D eigenvalue weighted by Gasteiger charge is -2.02. The fourth-order valence-electron chi connectivity index (χ4n) is 0.633. The Morgan fingerprint density at radius 3 is 2.77 bits per heavy atom. The minimum Gasteiger partial charge on any atom is -0.464 e. The van der Waals surface area contributed by atoms with Gasteiger partial charge in [-0.2, -0.15) is 0 Å². The van der Waals surface area contributed by atoms with Crippen LogP contribution < -0.4 is 5.73 Å². The van der Waals surface area contributed by atoms with Crippen LogP contribution in [0.1, 0.15) is 10.5 Å². The standard InChI is InChI=1S/C6H5BrClN3O2/c1-13-6(12)2-3(7)11-5(9)4(8)10-2/h1H3,(H2,9,11). The average Bonchev–Trinajstić information content (AvgIpc) is 2.10. The van der Waals surface area contributed by atoms with Gasteiger partial charge in [0.2, 0.25) is 0 Å². The average molecular weight is 266 g/mol. The van der Waals surface area contributed by atoms with Gasteiger partial charge in [-0.1, -0.05) is 11.6 Å². The van der Waals surface area contributed by atoms with E-state index in [-0.39, 0.29) is 21.3 Å². The Bertz CT molecular complexity index is 358. The Labute approximate surface area is 87.4 Å². The van der Waals surface area contributed by atoms with E-state index >= 15 is 0 Å². The molecule has 7 heteroatoms. The number of halogens is 2. The molecule has 1 heterocycles. The summed E-state index contributed by atoms with van der Waals surface area (Å²) >= 11 is 8.57. The Morgan fingerprint density at radius 2 is 2.23 bits per heavy atom. The van der Waals surface area contributed by atoms with Crippen molar-refractivity contribution in [3.05, 3.63) is 15.5 Å². The summed E-state index contributed by atoms with van der Waals surface area (Å²) in [5.74, 6) is -0.567. The van der Waals surface area contributed by atoms with Crippen molar-refractivity contribution in [2.45, 2.75) is 0 Å². The van der Waals surface area contributed by atoms with Gasteiger partial charge in [-0.3, -0.25) is 0 Å². The number of methoxy groups -OCH3 is 1. The van der Waals surface area contributed by atoms with Gasteiger partial charge >= 0.3 is 5.97 Å². The van der Waals surface area contributed by atoms with Crippen LogP contribution >= 0.6 is 27.5 Å². The number of nitrogens with two attached hydrogens (primary N) is 1. The molecular formula is C6H5BrClN3O2. The maximum atomic E-state index is 11.0. The highest BCUT2D eigenvalue weighted by molar-refractivity contribution is 9.10. The molecule has 1 aromatic heterocycles. The second kappa shape index (κ2) is 3.89. The second-order valence-electron chi connectivity index (χ2n) is 2.03. The molecule has 0 spiro atoms. The number of nitrogens with zero attached hydrogens (tertiary/aromatic N) is 2. The number of hydrogen-bond donors (Lipinski definition) is 1. The molecule has 0 aromatic carbocycles. The van der Waals surface area contributed by atoms with Crippen LogP contribution in [-0.2, 0) is 4.74 Å². The summed E-state index contributed by atoms with van der Waals surface area (Å²) in [6.45, 7) is 0. The molecule has 1 aromatic rings. The summed E-state index contributed by atoms with van der Waals surface area (Å²) in [7, 11) is 1.24. The van der Waals surface area contributed by atoms with Crippen LogP contribution in [0.5, 0.6) is 0 Å². The number of carbonyl (C=O) groups excluding carboxylic acids is 1. The van der Waals surface area contributed by atoms with Crippen LogP contribution in [0.15, 0.2) is 4.60 Å². The van der Waals surface area contributed by atoms with Gasteiger partial charge in [0.05, 0.1) is 7.11 Å². The summed E-state index contributed by atoms with van der Waals surface area (Å²) in [6.07, 6.45) is 0. The van der Waals surface area contributed by atoms with E-state index in [1.165, 1.54) is 7.11 Å². The first-order valence-electron chi connectivity index (χ1n) is 3.13. The van der Waals surface area contributed by atoms with E-state index in [0.717, 1.165) is 0 Å². The zero-order chi connectivity index (χ0) is 10.0. The minimum absolute atomic E-state index is 0.00157. The van der Waals surface area contributed by atoms with Gasteiger partial charge in [0.1, 0.15) is 4.60 Å². The molecule has 0 amide bonds. The third-order valence-corrected chi connectivity index (χ3v) is 2.05. The predicted octanol–water partition coefficient (Wildman–Crippen LogP) is 1.26. The molecular weight excluding hydrogens is 261 g/mol. The first-order valence-corrected chi connectivity index (χ1v) is 4.30. The highest BCUT2D eigenvalue weighted by atomic mass is 79.9. The van der Waals surface area contributed by atoms with Crippen LogP contribution in [0.3, 0.4) is 0 Å². The Morgan fingerprint density at radius 1 is 1.62 bits per heavy atom. The first-order chi connectivity index (χ1) is 6.06. The number of anilines is 1. The van der Waals surface area contributed by atoms with Gasteiger partial charge < -0.3 is 10.5 Å². The molecule has 2 N–H and O–H groups in total. The molecule has 0 atom stereocenters. The largest absolute Gasteiger partial charge is 0.464 e. The van der Waals surface area contributed by atoms with Gasteiger partial charge in [0, 0.05) is 0 Å². The minimum atomic E-state index is -0.624. The van der Waals surface area contributed by atoms with Crippen LogP contribution in [0, 0.1) is 0 Å². The molecule has 70 valence electrons. The molecule has 0 saturated carbocycles. The van der Waals surface area contributed by atoms with Crippen molar-refractivity contribution in [3.63, 3.8) is 0 Å². The van der Waals surface area contributed by atoms with Crippen molar-refractivity contribution in [1.82, 2.24) is 9.97 Å². The number of carbonyl (C=O) groups is 1. The van der Waals surface area contributed by atoms with Gasteiger partial charge in [-0.15, -0.1) is 0 Å². The molecule has 0 bridgehead atoms. The predicted molar refractivity (Wildman–Crippen MR) is 50.5 cm³/mol. The monoisotopic (exact) mass is 265 g/mol. The number of esters is 1. The summed E-state index contributed by atoms with van der Waals surface area (Å²) in [4.78, 5) is 18.5. The lowest BCUT2D eigenvalue weighted by molar-refractivity contribution is 0.0592. The maximum absolute atomic E-state index is 11.0. The van der Waals surface area contributed by atoms with E-state index in [4.69, 9.17) is 17.3 Å². The SMILES string of the molecule is COC(=O)c1nc(Cl)c(N)nc1Br. The smallest absolute Gasteiger partial charge is 0.359 e. The maximum Gasteiger partial charge on any atom is 0.359 e. The Hall–Kier alpha value is -0.880. The first kappa shape index (κ1) is 10.2. The van der Waals surface area contributed by atoms with E-state index in [1.807, 2.05) is 0 Å². The lowest BCUT2D eigenvalue weighted by atomic mass is 10.4. The summed E-state index contributed by atoms with van der Waals surface area (Å²) in [5, 5.41) is -0.0244. The summed E-state index contributed by atoms with van der Waals surface area (Å²) in [5.41, 5.74) is 5.35. The molecule has 13 heavy (non-hydrogen) atoms. The van der Waals surface area contributed by atoms with Crippen molar-refractivity contribution in [2.75, 3.05) is 12.8 Å². The van der Waals surface area contributed by atoms with Gasteiger partial charge in [-0.25, -0.2) is 14.8 Å². The Kier molecular flexibility index (Phi) is 3.05. The third kappa shape index (κ3) is 2.07. The number of nitrogen functional groups attached to an aromatic ring is 1. The fourth-order valence-corrected chi connectivity index (χ4v) is 1.20. The molecule has 0 aliphatic rings. The molecule has 0 radical (unpaired) electrons. The topological polar surface area (TPSA) is 78.1 Å².